The van der Waals surface area contributed by atoms with Gasteiger partial charge in [0.2, 0.25) is 5.91 Å². The molecule has 146 valence electrons. The van der Waals surface area contributed by atoms with Gasteiger partial charge in [-0.15, -0.1) is 11.3 Å². The van der Waals surface area contributed by atoms with E-state index >= 15 is 0 Å². The maximum atomic E-state index is 12.6. The first-order chi connectivity index (χ1) is 12.2. The molecular weight excluding hydrogens is 367 g/mol. The Morgan fingerprint density at radius 1 is 1.42 bits per heavy atom. The largest absolute Gasteiger partial charge is 0.434 e. The number of likely N-dealkylation sites (tertiary alicyclic amines) is 1. The Balaban J connectivity index is 1.80. The van der Waals surface area contributed by atoms with Gasteiger partial charge in [-0.3, -0.25) is 9.79 Å². The summed E-state index contributed by atoms with van der Waals surface area (Å²) in [5.41, 5.74) is -0.871. The number of thiazole rings is 1. The Kier molecular flexibility index (Phi) is 6.85. The number of guanidine groups is 1. The van der Waals surface area contributed by atoms with Crippen LogP contribution < -0.4 is 10.6 Å². The number of nitrogens with one attached hydrogen (secondary N) is 2. The van der Waals surface area contributed by atoms with Gasteiger partial charge in [0.1, 0.15) is 5.01 Å². The molecular formula is C16H24F3N5OS. The Morgan fingerprint density at radius 2 is 2.08 bits per heavy atom. The molecule has 0 radical (unpaired) electrons. The number of hydrogen-bond donors (Lipinski definition) is 2. The second kappa shape index (κ2) is 8.70. The highest BCUT2D eigenvalue weighted by atomic mass is 32.1. The molecule has 0 saturated carbocycles. The van der Waals surface area contributed by atoms with E-state index in [4.69, 9.17) is 0 Å². The predicted molar refractivity (Wildman–Crippen MR) is 94.9 cm³/mol. The van der Waals surface area contributed by atoms with Crippen molar-refractivity contribution in [3.63, 3.8) is 0 Å². The third-order valence-corrected chi connectivity index (χ3v) is 4.96. The van der Waals surface area contributed by atoms with Gasteiger partial charge >= 0.3 is 6.18 Å². The van der Waals surface area contributed by atoms with Crippen molar-refractivity contribution in [1.82, 2.24) is 20.5 Å². The van der Waals surface area contributed by atoms with Gasteiger partial charge in [0, 0.05) is 37.5 Å². The predicted octanol–water partition coefficient (Wildman–Crippen LogP) is 2.47. The van der Waals surface area contributed by atoms with Gasteiger partial charge in [0.05, 0.1) is 6.54 Å². The topological polar surface area (TPSA) is 69.6 Å². The molecule has 0 spiro atoms. The zero-order valence-electron chi connectivity index (χ0n) is 15.1. The molecule has 0 aromatic carbocycles. The summed E-state index contributed by atoms with van der Waals surface area (Å²) in [7, 11) is 1.61. The summed E-state index contributed by atoms with van der Waals surface area (Å²) in [6, 6.07) is 0.166. The summed E-state index contributed by atoms with van der Waals surface area (Å²) < 4.78 is 37.7. The van der Waals surface area contributed by atoms with Gasteiger partial charge in [-0.25, -0.2) is 4.98 Å². The third-order valence-electron chi connectivity index (χ3n) is 4.11. The minimum atomic E-state index is -4.42. The highest BCUT2D eigenvalue weighted by molar-refractivity contribution is 7.09. The van der Waals surface area contributed by atoms with Crippen LogP contribution in [0.1, 0.15) is 37.4 Å². The van der Waals surface area contributed by atoms with Gasteiger partial charge in [0.15, 0.2) is 11.7 Å². The van der Waals surface area contributed by atoms with Gasteiger partial charge in [-0.2, -0.15) is 13.2 Å². The fraction of sp³-hybridized carbons (Fsp3) is 0.688. The lowest BCUT2D eigenvalue weighted by Gasteiger charge is -2.34. The van der Waals surface area contributed by atoms with Crippen LogP contribution in [0.25, 0.3) is 0 Å². The second-order valence-corrected chi connectivity index (χ2v) is 7.39. The fourth-order valence-corrected chi connectivity index (χ4v) is 3.42. The molecule has 26 heavy (non-hydrogen) atoms. The van der Waals surface area contributed by atoms with Gasteiger partial charge in [-0.1, -0.05) is 13.8 Å². The minimum Gasteiger partial charge on any atom is -0.354 e. The molecule has 1 aromatic rings. The number of piperidine rings is 1. The van der Waals surface area contributed by atoms with Crippen molar-refractivity contribution < 1.29 is 18.0 Å². The van der Waals surface area contributed by atoms with Crippen LogP contribution in [0.15, 0.2) is 10.4 Å². The van der Waals surface area contributed by atoms with E-state index in [1.54, 1.807) is 7.05 Å². The van der Waals surface area contributed by atoms with Crippen LogP contribution in [0.5, 0.6) is 0 Å². The van der Waals surface area contributed by atoms with Gasteiger partial charge < -0.3 is 15.5 Å². The number of alkyl halides is 3. The summed E-state index contributed by atoms with van der Waals surface area (Å²) in [5.74, 6) is 0.673. The number of amides is 1. The van der Waals surface area contributed by atoms with Crippen molar-refractivity contribution in [1.29, 1.82) is 0 Å². The first-order valence-corrected chi connectivity index (χ1v) is 9.36. The van der Waals surface area contributed by atoms with E-state index in [2.05, 4.69) is 20.6 Å². The summed E-state index contributed by atoms with van der Waals surface area (Å²) in [5, 5.41) is 7.60. The Labute approximate surface area is 154 Å². The Hall–Kier alpha value is -1.84. The van der Waals surface area contributed by atoms with Gasteiger partial charge in [0.25, 0.3) is 0 Å². The summed E-state index contributed by atoms with van der Waals surface area (Å²) in [4.78, 5) is 21.6. The Morgan fingerprint density at radius 3 is 2.58 bits per heavy atom. The molecule has 1 aliphatic heterocycles. The third kappa shape index (κ3) is 5.58. The molecule has 2 heterocycles. The van der Waals surface area contributed by atoms with Crippen molar-refractivity contribution in [2.45, 2.75) is 45.5 Å². The average Bonchev–Trinajstić information content (AvgIpc) is 3.07. The fourth-order valence-electron chi connectivity index (χ4n) is 2.68. The number of aromatic nitrogens is 1. The van der Waals surface area contributed by atoms with E-state index in [0.717, 1.165) is 29.6 Å². The molecule has 1 aliphatic rings. The molecule has 6 nitrogen and oxygen atoms in total. The molecule has 2 N–H and O–H groups in total. The monoisotopic (exact) mass is 391 g/mol. The number of carbonyl (C=O) groups is 1. The normalized spacial score (nSPS) is 16.9. The average molecular weight is 391 g/mol. The lowest BCUT2D eigenvalue weighted by molar-refractivity contribution is -0.140. The molecule has 0 atom stereocenters. The molecule has 1 fully saturated rings. The first kappa shape index (κ1) is 20.5. The molecule has 1 aromatic heterocycles. The van der Waals surface area contributed by atoms with E-state index in [1.807, 2.05) is 18.7 Å². The van der Waals surface area contributed by atoms with E-state index in [0.29, 0.717) is 24.1 Å². The highest BCUT2D eigenvalue weighted by Crippen LogP contribution is 2.29. The molecule has 0 unspecified atom stereocenters. The van der Waals surface area contributed by atoms with Crippen LogP contribution in [0.2, 0.25) is 0 Å². The van der Waals surface area contributed by atoms with Crippen molar-refractivity contribution in [2.24, 2.45) is 10.9 Å². The SMILES string of the molecule is CN=C(NCc1nc(C(F)(F)F)cs1)NC1CCN(C(=O)C(C)C)CC1. The second-order valence-electron chi connectivity index (χ2n) is 6.45. The van der Waals surface area contributed by atoms with Crippen LogP contribution in [0.4, 0.5) is 13.2 Å². The summed E-state index contributed by atoms with van der Waals surface area (Å²) >= 11 is 0.961. The van der Waals surface area contributed by atoms with Gasteiger partial charge in [-0.05, 0) is 12.8 Å². The van der Waals surface area contributed by atoms with E-state index in [1.165, 1.54) is 0 Å². The van der Waals surface area contributed by atoms with E-state index in [9.17, 15) is 18.0 Å². The lowest BCUT2D eigenvalue weighted by atomic mass is 10.0. The minimum absolute atomic E-state index is 0.00572. The zero-order valence-corrected chi connectivity index (χ0v) is 15.9. The quantitative estimate of drug-likeness (QED) is 0.611. The van der Waals surface area contributed by atoms with Crippen molar-refractivity contribution >= 4 is 23.2 Å². The van der Waals surface area contributed by atoms with E-state index < -0.39 is 11.9 Å². The van der Waals surface area contributed by atoms with Crippen LogP contribution in [-0.2, 0) is 17.5 Å². The van der Waals surface area contributed by atoms with Crippen molar-refractivity contribution in [3.05, 3.63) is 16.1 Å². The van der Waals surface area contributed by atoms with Crippen LogP contribution in [0.3, 0.4) is 0 Å². The number of aliphatic imine (C=N–C) groups is 1. The maximum absolute atomic E-state index is 12.6. The van der Waals surface area contributed by atoms with Crippen LogP contribution in [-0.4, -0.2) is 47.9 Å². The first-order valence-electron chi connectivity index (χ1n) is 8.48. The molecule has 0 bridgehead atoms. The lowest BCUT2D eigenvalue weighted by Crippen LogP contribution is -2.50. The highest BCUT2D eigenvalue weighted by Gasteiger charge is 2.33. The number of rotatable bonds is 4. The van der Waals surface area contributed by atoms with Crippen molar-refractivity contribution in [3.8, 4) is 0 Å². The summed E-state index contributed by atoms with van der Waals surface area (Å²) in [6.45, 7) is 5.33. The molecule has 1 amide bonds. The van der Waals surface area contributed by atoms with Crippen LogP contribution in [0, 0.1) is 5.92 Å². The molecule has 0 aliphatic carbocycles. The van der Waals surface area contributed by atoms with E-state index in [-0.39, 0.29) is 24.4 Å². The molecule has 1 saturated heterocycles. The smallest absolute Gasteiger partial charge is 0.354 e. The van der Waals surface area contributed by atoms with Crippen LogP contribution >= 0.6 is 11.3 Å². The Bertz CT molecular complexity index is 636. The molecule has 10 heteroatoms. The standard InChI is InChI=1S/C16H24F3N5OS/c1-10(2)14(25)24-6-4-11(5-7-24)22-15(20-3)21-8-13-23-12(9-26-13)16(17,18)19/h9-11H,4-8H2,1-3H3,(H2,20,21,22). The van der Waals surface area contributed by atoms with Crippen molar-refractivity contribution in [2.75, 3.05) is 20.1 Å². The zero-order chi connectivity index (χ0) is 19.3. The number of carbonyl (C=O) groups excluding carboxylic acids is 1. The number of halogens is 3. The summed E-state index contributed by atoms with van der Waals surface area (Å²) in [6.07, 6.45) is -2.82. The molecule has 2 rings (SSSR count). The maximum Gasteiger partial charge on any atom is 0.434 e. The number of hydrogen-bond acceptors (Lipinski definition) is 4. The number of nitrogens with zero attached hydrogens (tertiary/aromatic N) is 3.